The molecule has 1 saturated heterocycles. The molecular formula is C14H17BrN2O3. The van der Waals surface area contributed by atoms with Gasteiger partial charge in [-0.25, -0.2) is 0 Å². The molecule has 1 aliphatic rings. The molecule has 1 heterocycles. The second-order valence-corrected chi connectivity index (χ2v) is 6.25. The van der Waals surface area contributed by atoms with Crippen molar-refractivity contribution in [3.8, 4) is 0 Å². The van der Waals surface area contributed by atoms with Crippen molar-refractivity contribution in [3.63, 3.8) is 0 Å². The van der Waals surface area contributed by atoms with E-state index in [1.807, 2.05) is 0 Å². The van der Waals surface area contributed by atoms with Gasteiger partial charge in [0.25, 0.3) is 5.91 Å². The summed E-state index contributed by atoms with van der Waals surface area (Å²) in [5, 5.41) is 9.18. The van der Waals surface area contributed by atoms with Crippen molar-refractivity contribution in [1.82, 2.24) is 4.90 Å². The van der Waals surface area contributed by atoms with Crippen LogP contribution in [-0.2, 0) is 4.79 Å². The molecule has 108 valence electrons. The maximum Gasteiger partial charge on any atom is 0.309 e. The number of piperidine rings is 1. The Bertz CT molecular complexity index is 551. The highest BCUT2D eigenvalue weighted by molar-refractivity contribution is 9.10. The minimum absolute atomic E-state index is 0.100. The van der Waals surface area contributed by atoms with Gasteiger partial charge in [-0.2, -0.15) is 0 Å². The van der Waals surface area contributed by atoms with Gasteiger partial charge in [0.15, 0.2) is 0 Å². The number of nitrogens with two attached hydrogens (primary N) is 1. The second-order valence-electron chi connectivity index (χ2n) is 5.39. The summed E-state index contributed by atoms with van der Waals surface area (Å²) >= 11 is 3.29. The van der Waals surface area contributed by atoms with Crippen LogP contribution in [0.15, 0.2) is 22.7 Å². The Labute approximate surface area is 125 Å². The van der Waals surface area contributed by atoms with E-state index < -0.39 is 11.4 Å². The highest BCUT2D eigenvalue weighted by atomic mass is 79.9. The molecule has 0 spiro atoms. The van der Waals surface area contributed by atoms with E-state index in [1.54, 1.807) is 30.0 Å². The van der Waals surface area contributed by atoms with E-state index in [1.165, 1.54) is 0 Å². The molecule has 0 unspecified atom stereocenters. The molecular weight excluding hydrogens is 324 g/mol. The van der Waals surface area contributed by atoms with Crippen molar-refractivity contribution in [2.24, 2.45) is 5.41 Å². The number of likely N-dealkylation sites (tertiary alicyclic amines) is 1. The van der Waals surface area contributed by atoms with Crippen LogP contribution < -0.4 is 5.73 Å². The standard InChI is InChI=1S/C14H17BrN2O3/c1-14(13(19)20)4-6-17(7-5-14)12(18)9-2-3-10(15)11(16)8-9/h2-3,8H,4-7,16H2,1H3,(H,19,20). The molecule has 0 saturated carbocycles. The number of hydrogen-bond acceptors (Lipinski definition) is 3. The number of carbonyl (C=O) groups is 2. The van der Waals surface area contributed by atoms with E-state index in [0.29, 0.717) is 37.2 Å². The van der Waals surface area contributed by atoms with E-state index in [-0.39, 0.29) is 5.91 Å². The van der Waals surface area contributed by atoms with E-state index in [0.717, 1.165) is 4.47 Å². The minimum Gasteiger partial charge on any atom is -0.481 e. The van der Waals surface area contributed by atoms with Crippen molar-refractivity contribution >= 4 is 33.5 Å². The van der Waals surface area contributed by atoms with Crippen molar-refractivity contribution < 1.29 is 14.7 Å². The highest BCUT2D eigenvalue weighted by Gasteiger charge is 2.38. The van der Waals surface area contributed by atoms with Crippen LogP contribution in [0.25, 0.3) is 0 Å². The normalized spacial score (nSPS) is 17.8. The SMILES string of the molecule is CC1(C(=O)O)CCN(C(=O)c2ccc(Br)c(N)c2)CC1. The highest BCUT2D eigenvalue weighted by Crippen LogP contribution is 2.32. The molecule has 6 heteroatoms. The number of anilines is 1. The number of carboxylic acid groups (broad SMARTS) is 1. The predicted molar refractivity (Wildman–Crippen MR) is 79.4 cm³/mol. The fourth-order valence-electron chi connectivity index (χ4n) is 2.28. The third-order valence-corrected chi connectivity index (χ3v) is 4.64. The number of aliphatic carboxylic acids is 1. The lowest BCUT2D eigenvalue weighted by Crippen LogP contribution is -2.45. The maximum absolute atomic E-state index is 12.4. The Balaban J connectivity index is 2.08. The molecule has 1 aromatic carbocycles. The summed E-state index contributed by atoms with van der Waals surface area (Å²) in [6, 6.07) is 5.10. The van der Waals surface area contributed by atoms with Gasteiger partial charge in [-0.05, 0) is 53.9 Å². The zero-order valence-corrected chi connectivity index (χ0v) is 12.8. The van der Waals surface area contributed by atoms with Gasteiger partial charge in [-0.15, -0.1) is 0 Å². The monoisotopic (exact) mass is 340 g/mol. The Kier molecular flexibility index (Phi) is 4.04. The number of benzene rings is 1. The van der Waals surface area contributed by atoms with Crippen molar-refractivity contribution in [3.05, 3.63) is 28.2 Å². The molecule has 0 radical (unpaired) electrons. The summed E-state index contributed by atoms with van der Waals surface area (Å²) in [6.07, 6.45) is 0.945. The molecule has 5 nitrogen and oxygen atoms in total. The van der Waals surface area contributed by atoms with E-state index >= 15 is 0 Å². The molecule has 1 aromatic rings. The first-order chi connectivity index (χ1) is 9.33. The first-order valence-electron chi connectivity index (χ1n) is 6.41. The van der Waals surface area contributed by atoms with Crippen LogP contribution in [0.5, 0.6) is 0 Å². The van der Waals surface area contributed by atoms with Crippen LogP contribution >= 0.6 is 15.9 Å². The van der Waals surface area contributed by atoms with Gasteiger partial charge in [0.2, 0.25) is 0 Å². The largest absolute Gasteiger partial charge is 0.481 e. The van der Waals surface area contributed by atoms with Crippen molar-refractivity contribution in [1.29, 1.82) is 0 Å². The molecule has 3 N–H and O–H groups in total. The number of carboxylic acids is 1. The van der Waals surface area contributed by atoms with Crippen molar-refractivity contribution in [2.75, 3.05) is 18.8 Å². The summed E-state index contributed by atoms with van der Waals surface area (Å²) in [4.78, 5) is 25.2. The summed E-state index contributed by atoms with van der Waals surface area (Å²) in [6.45, 7) is 2.64. The Morgan fingerprint density at radius 1 is 1.35 bits per heavy atom. The lowest BCUT2D eigenvalue weighted by molar-refractivity contribution is -0.150. The number of carbonyl (C=O) groups excluding carboxylic acids is 1. The summed E-state index contributed by atoms with van der Waals surface area (Å²) in [5.41, 5.74) is 6.10. The molecule has 1 aliphatic heterocycles. The molecule has 0 atom stereocenters. The van der Waals surface area contributed by atoms with Gasteiger partial charge < -0.3 is 15.7 Å². The van der Waals surface area contributed by atoms with E-state index in [4.69, 9.17) is 5.73 Å². The first kappa shape index (κ1) is 14.8. The van der Waals surface area contributed by atoms with E-state index in [9.17, 15) is 14.7 Å². The number of nitrogen functional groups attached to an aromatic ring is 1. The number of nitrogens with zero attached hydrogens (tertiary/aromatic N) is 1. The summed E-state index contributed by atoms with van der Waals surface area (Å²) in [5.74, 6) is -0.894. The zero-order valence-electron chi connectivity index (χ0n) is 11.2. The summed E-state index contributed by atoms with van der Waals surface area (Å²) < 4.78 is 0.756. The van der Waals surface area contributed by atoms with Crippen LogP contribution in [0.4, 0.5) is 5.69 Å². The van der Waals surface area contributed by atoms with Crippen LogP contribution in [0.2, 0.25) is 0 Å². The van der Waals surface area contributed by atoms with Crippen molar-refractivity contribution in [2.45, 2.75) is 19.8 Å². The number of rotatable bonds is 2. The number of amides is 1. The lowest BCUT2D eigenvalue weighted by Gasteiger charge is -2.36. The molecule has 2 rings (SSSR count). The molecule has 20 heavy (non-hydrogen) atoms. The second kappa shape index (κ2) is 5.44. The van der Waals surface area contributed by atoms with Crippen LogP contribution in [0.1, 0.15) is 30.1 Å². The third kappa shape index (κ3) is 2.80. The minimum atomic E-state index is -0.794. The first-order valence-corrected chi connectivity index (χ1v) is 7.20. The molecule has 1 amide bonds. The van der Waals surface area contributed by atoms with E-state index in [2.05, 4.69) is 15.9 Å². The molecule has 0 bridgehead atoms. The van der Waals surface area contributed by atoms with Crippen LogP contribution in [0.3, 0.4) is 0 Å². The lowest BCUT2D eigenvalue weighted by atomic mass is 9.80. The average molecular weight is 341 g/mol. The zero-order chi connectivity index (χ0) is 14.9. The quantitative estimate of drug-likeness (QED) is 0.809. The summed E-state index contributed by atoms with van der Waals surface area (Å²) in [7, 11) is 0. The Morgan fingerprint density at radius 2 is 1.95 bits per heavy atom. The average Bonchev–Trinajstić information content (AvgIpc) is 2.42. The van der Waals surface area contributed by atoms with Gasteiger partial charge in [0, 0.05) is 28.8 Å². The van der Waals surface area contributed by atoms with Crippen LogP contribution in [-0.4, -0.2) is 35.0 Å². The maximum atomic E-state index is 12.4. The van der Waals surface area contributed by atoms with Gasteiger partial charge in [0.1, 0.15) is 0 Å². The van der Waals surface area contributed by atoms with Crippen LogP contribution in [0, 0.1) is 5.41 Å². The molecule has 1 fully saturated rings. The van der Waals surface area contributed by atoms with Gasteiger partial charge in [0.05, 0.1) is 5.41 Å². The molecule has 0 aromatic heterocycles. The Hall–Kier alpha value is -1.56. The predicted octanol–water partition coefficient (Wildman–Crippen LogP) is 2.36. The van der Waals surface area contributed by atoms with Gasteiger partial charge in [-0.3, -0.25) is 9.59 Å². The Morgan fingerprint density at radius 3 is 2.45 bits per heavy atom. The number of halogens is 1. The molecule has 0 aliphatic carbocycles. The number of hydrogen-bond donors (Lipinski definition) is 2. The van der Waals surface area contributed by atoms with Gasteiger partial charge >= 0.3 is 5.97 Å². The fourth-order valence-corrected chi connectivity index (χ4v) is 2.52. The topological polar surface area (TPSA) is 83.6 Å². The smallest absolute Gasteiger partial charge is 0.309 e. The third-order valence-electron chi connectivity index (χ3n) is 3.91. The fraction of sp³-hybridized carbons (Fsp3) is 0.429. The van der Waals surface area contributed by atoms with Gasteiger partial charge in [-0.1, -0.05) is 0 Å².